The van der Waals surface area contributed by atoms with E-state index in [0.717, 1.165) is 5.39 Å². The van der Waals surface area contributed by atoms with Crippen LogP contribution >= 0.6 is 11.6 Å². The molecule has 1 saturated heterocycles. The normalized spacial score (nSPS) is 24.7. The summed E-state index contributed by atoms with van der Waals surface area (Å²) in [5, 5.41) is 9.79. The van der Waals surface area contributed by atoms with Gasteiger partial charge in [-0.3, -0.25) is 0 Å². The fraction of sp³-hybridized carbons (Fsp3) is 0.294. The van der Waals surface area contributed by atoms with Gasteiger partial charge in [0.25, 0.3) is 0 Å². The van der Waals surface area contributed by atoms with Crippen LogP contribution in [0.25, 0.3) is 10.8 Å². The molecule has 2 aromatic rings. The van der Waals surface area contributed by atoms with Gasteiger partial charge in [-0.1, -0.05) is 23.7 Å². The lowest BCUT2D eigenvalue weighted by molar-refractivity contribution is -0.873. The van der Waals surface area contributed by atoms with E-state index in [0.29, 0.717) is 10.4 Å². The molecule has 3 atom stereocenters. The largest absolute Gasteiger partial charge is 0.477 e. The summed E-state index contributed by atoms with van der Waals surface area (Å²) in [7, 11) is -3.99. The van der Waals surface area contributed by atoms with Crippen molar-refractivity contribution in [1.82, 2.24) is 0 Å². The zero-order valence-electron chi connectivity index (χ0n) is 13.9. The molecule has 26 heavy (non-hydrogen) atoms. The van der Waals surface area contributed by atoms with Gasteiger partial charge in [-0.15, -0.1) is 0 Å². The lowest BCUT2D eigenvalue weighted by Crippen LogP contribution is -2.64. The van der Waals surface area contributed by atoms with Crippen molar-refractivity contribution < 1.29 is 27.7 Å². The summed E-state index contributed by atoms with van der Waals surface area (Å²) >= 11 is 5.93. The van der Waals surface area contributed by atoms with Crippen LogP contribution in [-0.4, -0.2) is 47.8 Å². The molecule has 0 aliphatic carbocycles. The first-order chi connectivity index (χ1) is 12.1. The Labute approximate surface area is 155 Å². The van der Waals surface area contributed by atoms with Crippen LogP contribution in [0.1, 0.15) is 13.3 Å². The zero-order chi connectivity index (χ0) is 19.3. The number of carbonyl (C=O) groups is 2. The van der Waals surface area contributed by atoms with Gasteiger partial charge in [0.15, 0.2) is 15.1 Å². The first kappa shape index (κ1) is 18.8. The third kappa shape index (κ3) is 2.88. The number of rotatable bonds is 4. The lowest BCUT2D eigenvalue weighted by Gasteiger charge is -2.28. The van der Waals surface area contributed by atoms with Gasteiger partial charge in [0, 0.05) is 18.4 Å². The van der Waals surface area contributed by atoms with E-state index in [1.54, 1.807) is 24.3 Å². The maximum absolute atomic E-state index is 13.0. The molecule has 1 aliphatic heterocycles. The number of hydrogen-bond acceptors (Lipinski definition) is 5. The Morgan fingerprint density at radius 3 is 2.54 bits per heavy atom. The van der Waals surface area contributed by atoms with Gasteiger partial charge in [0.2, 0.25) is 6.04 Å². The molecule has 3 rings (SSSR count). The molecule has 0 radical (unpaired) electrons. The van der Waals surface area contributed by atoms with Crippen molar-refractivity contribution in [2.45, 2.75) is 29.5 Å². The van der Waals surface area contributed by atoms with Crippen molar-refractivity contribution in [3.05, 3.63) is 41.4 Å². The van der Waals surface area contributed by atoms with Crippen LogP contribution < -0.4 is 5.84 Å². The topological polar surface area (TPSA) is 115 Å². The number of nitrogens with two attached hydrogens (primary N) is 1. The Morgan fingerprint density at radius 2 is 1.88 bits per heavy atom. The molecule has 1 fully saturated rings. The maximum atomic E-state index is 13.0. The molecule has 1 heterocycles. The molecule has 0 aromatic heterocycles. The Hall–Kier alpha value is -2.00. The number of carbonyl (C=O) groups excluding carboxylic acids is 1. The number of sulfone groups is 1. The van der Waals surface area contributed by atoms with E-state index >= 15 is 0 Å². The molecule has 2 aromatic carbocycles. The summed E-state index contributed by atoms with van der Waals surface area (Å²) in [6.45, 7) is 1.26. The lowest BCUT2D eigenvalue weighted by atomic mass is 10.1. The molecule has 3 N–H and O–H groups in total. The second-order valence-electron chi connectivity index (χ2n) is 6.48. The Kier molecular flexibility index (Phi) is 4.56. The molecule has 1 amide bonds. The van der Waals surface area contributed by atoms with E-state index < -0.39 is 37.6 Å². The maximum Gasteiger partial charge on any atom is 0.364 e. The molecule has 138 valence electrons. The highest BCUT2D eigenvalue weighted by molar-refractivity contribution is 7.92. The minimum Gasteiger partial charge on any atom is -0.477 e. The Balaban J connectivity index is 2.00. The van der Waals surface area contributed by atoms with E-state index in [4.69, 9.17) is 22.6 Å². The predicted octanol–water partition coefficient (Wildman–Crippen LogP) is 1.73. The molecule has 0 saturated carbocycles. The number of likely N-dealkylation sites (tertiary alicyclic amines) is 1. The predicted molar refractivity (Wildman–Crippen MR) is 96.0 cm³/mol. The summed E-state index contributed by atoms with van der Waals surface area (Å²) in [4.78, 5) is 23.9. The Bertz CT molecular complexity index is 1020. The third-order valence-corrected chi connectivity index (χ3v) is 7.30. The number of benzene rings is 2. The fourth-order valence-corrected chi connectivity index (χ4v) is 5.17. The number of hydrogen-bond donors (Lipinski definition) is 2. The smallest absolute Gasteiger partial charge is 0.364 e. The summed E-state index contributed by atoms with van der Waals surface area (Å²) < 4.78 is 25.0. The highest BCUT2D eigenvalue weighted by Gasteiger charge is 2.57. The van der Waals surface area contributed by atoms with Gasteiger partial charge >= 0.3 is 11.9 Å². The highest BCUT2D eigenvalue weighted by atomic mass is 35.5. The first-order valence-corrected chi connectivity index (χ1v) is 9.86. The van der Waals surface area contributed by atoms with E-state index in [1.165, 1.54) is 19.1 Å². The number of halogens is 1. The monoisotopic (exact) mass is 397 g/mol. The van der Waals surface area contributed by atoms with E-state index in [9.17, 15) is 18.0 Å². The average Bonchev–Trinajstić information content (AvgIpc) is 2.90. The van der Waals surface area contributed by atoms with Gasteiger partial charge in [0.1, 0.15) is 6.54 Å². The third-order valence-electron chi connectivity index (χ3n) is 4.97. The molecular weight excluding hydrogens is 380 g/mol. The molecule has 7 nitrogen and oxygen atoms in total. The van der Waals surface area contributed by atoms with Crippen LogP contribution in [-0.2, 0) is 19.4 Å². The number of amides is 1. The summed E-state index contributed by atoms with van der Waals surface area (Å²) in [6.07, 6.45) is -0.0199. The number of carboxylic acid groups (broad SMARTS) is 1. The zero-order valence-corrected chi connectivity index (χ0v) is 15.5. The number of aliphatic carboxylic acids is 1. The average molecular weight is 398 g/mol. The number of quaternary nitrogens is 1. The standard InChI is InChI=1S/C17H17ClN2O5S/c1-10(17(22)23)20(19)7-6-15(16(20)21)26(24,25)14-5-3-11-8-13(18)4-2-12(11)9-14/h2-5,8-10,15H,6-7,19H2,1H3/p+1/t10-,15-,20+/m0/s1. The van der Waals surface area contributed by atoms with Crippen LogP contribution in [0.15, 0.2) is 41.3 Å². The summed E-state index contributed by atoms with van der Waals surface area (Å²) in [5.74, 6) is 3.90. The summed E-state index contributed by atoms with van der Waals surface area (Å²) in [6, 6.07) is 8.37. The highest BCUT2D eigenvalue weighted by Crippen LogP contribution is 2.31. The van der Waals surface area contributed by atoms with Crippen molar-refractivity contribution in [3.8, 4) is 0 Å². The van der Waals surface area contributed by atoms with Gasteiger partial charge < -0.3 is 5.11 Å². The molecule has 1 aliphatic rings. The summed E-state index contributed by atoms with van der Waals surface area (Å²) in [5.41, 5.74) is 0. The number of nitrogens with zero attached hydrogens (tertiary/aromatic N) is 1. The van der Waals surface area contributed by atoms with Crippen molar-refractivity contribution in [1.29, 1.82) is 0 Å². The van der Waals surface area contributed by atoms with Gasteiger partial charge in [-0.2, -0.15) is 10.4 Å². The van der Waals surface area contributed by atoms with Crippen molar-refractivity contribution in [2.75, 3.05) is 6.54 Å². The SMILES string of the molecule is C[C@@H](C(=O)O)[N@+]1(N)CC[C@H](S(=O)(=O)c2ccc3cc(Cl)ccc3c2)C1=O. The van der Waals surface area contributed by atoms with Gasteiger partial charge in [-0.25, -0.2) is 18.0 Å². The number of fused-ring (bicyclic) bond motifs is 1. The molecular formula is C17H18ClN2O5S+. The first-order valence-electron chi connectivity index (χ1n) is 7.94. The van der Waals surface area contributed by atoms with E-state index in [-0.39, 0.29) is 17.9 Å². The van der Waals surface area contributed by atoms with Crippen LogP contribution in [0.2, 0.25) is 5.02 Å². The second kappa shape index (κ2) is 6.31. The minimum absolute atomic E-state index is 0.00194. The van der Waals surface area contributed by atoms with Crippen molar-refractivity contribution >= 4 is 44.1 Å². The van der Waals surface area contributed by atoms with Crippen LogP contribution in [0, 0.1) is 0 Å². The van der Waals surface area contributed by atoms with Crippen LogP contribution in [0.5, 0.6) is 0 Å². The molecule has 9 heteroatoms. The van der Waals surface area contributed by atoms with Crippen LogP contribution in [0.3, 0.4) is 0 Å². The van der Waals surface area contributed by atoms with Crippen molar-refractivity contribution in [2.24, 2.45) is 5.84 Å². The molecule has 0 unspecified atom stereocenters. The van der Waals surface area contributed by atoms with Crippen molar-refractivity contribution in [3.63, 3.8) is 0 Å². The van der Waals surface area contributed by atoms with E-state index in [1.807, 2.05) is 0 Å². The van der Waals surface area contributed by atoms with Crippen LogP contribution in [0.4, 0.5) is 0 Å². The van der Waals surface area contributed by atoms with E-state index in [2.05, 4.69) is 0 Å². The quantitative estimate of drug-likeness (QED) is 0.461. The second-order valence-corrected chi connectivity index (χ2v) is 9.05. The molecule has 0 bridgehead atoms. The van der Waals surface area contributed by atoms with Gasteiger partial charge in [-0.05, 0) is 35.0 Å². The Morgan fingerprint density at radius 1 is 1.27 bits per heavy atom. The fourth-order valence-electron chi connectivity index (χ4n) is 3.24. The molecule has 0 spiro atoms. The minimum atomic E-state index is -3.99. The number of carboxylic acids is 1. The van der Waals surface area contributed by atoms with Gasteiger partial charge in [0.05, 0.1) is 4.90 Å².